The number of methoxy groups -OCH3 is 4. The van der Waals surface area contributed by atoms with E-state index in [1.165, 1.54) is 0 Å². The Balaban J connectivity index is 0.00000320. The minimum absolute atomic E-state index is 0. The van der Waals surface area contributed by atoms with Crippen molar-refractivity contribution in [2.75, 3.05) is 28.4 Å². The molecule has 298 valence electrons. The van der Waals surface area contributed by atoms with Gasteiger partial charge in [-0.3, -0.25) is 19.9 Å². The van der Waals surface area contributed by atoms with Crippen LogP contribution in [0.5, 0.6) is 34.5 Å². The first-order valence-corrected chi connectivity index (χ1v) is 17.8. The fourth-order valence-electron chi connectivity index (χ4n) is 6.60. The molecule has 0 saturated heterocycles. The van der Waals surface area contributed by atoms with Crippen LogP contribution in [0.1, 0.15) is 11.1 Å². The fraction of sp³-hybridized carbons (Fsp3) is 0.130. The van der Waals surface area contributed by atoms with Crippen LogP contribution in [0, 0.1) is 13.8 Å². The smallest absolute Gasteiger partial charge is 0.592 e. The molecule has 12 heteroatoms. The number of rotatable bonds is 4. The molecule has 58 heavy (non-hydrogen) atoms. The first-order valence-electron chi connectivity index (χ1n) is 17.8. The van der Waals surface area contributed by atoms with Gasteiger partial charge in [0, 0.05) is 70.6 Å². The molecular formula is C46H42Cu2N4O6+6. The average molecular weight is 874 g/mol. The summed E-state index contributed by atoms with van der Waals surface area (Å²) in [5.41, 5.74) is 4.59. The van der Waals surface area contributed by atoms with Gasteiger partial charge in [-0.25, -0.2) is 0 Å². The molecule has 0 aliphatic rings. The molecule has 2 radical (unpaired) electrons. The van der Waals surface area contributed by atoms with E-state index in [0.717, 1.165) is 32.7 Å². The van der Waals surface area contributed by atoms with E-state index < -0.39 is 0 Å². The van der Waals surface area contributed by atoms with Crippen LogP contribution in [0.2, 0.25) is 0 Å². The largest absolute Gasteiger partial charge is 2.00 e. The summed E-state index contributed by atoms with van der Waals surface area (Å²) in [4.78, 5) is 18.9. The van der Waals surface area contributed by atoms with Gasteiger partial charge in [0.25, 0.3) is 11.5 Å². The van der Waals surface area contributed by atoms with E-state index in [-0.39, 0.29) is 34.1 Å². The molecule has 16 aromatic rings. The number of aryl methyl sites for hydroxylation is 2. The van der Waals surface area contributed by atoms with Crippen molar-refractivity contribution in [1.29, 1.82) is 0 Å². The topological polar surface area (TPSA) is 134 Å². The van der Waals surface area contributed by atoms with Crippen LogP contribution >= 0.6 is 0 Å². The number of hydrogen-bond donors (Lipinski definition) is 0. The van der Waals surface area contributed by atoms with E-state index in [2.05, 4.69) is 0 Å². The Morgan fingerprint density at radius 1 is 0.362 bits per heavy atom. The van der Waals surface area contributed by atoms with Crippen LogP contribution in [0.4, 0.5) is 0 Å². The van der Waals surface area contributed by atoms with E-state index >= 15 is 0 Å². The summed E-state index contributed by atoms with van der Waals surface area (Å²) in [5.74, 6) is 3.05. The minimum atomic E-state index is 0. The van der Waals surface area contributed by atoms with Gasteiger partial charge in [0.05, 0.1) is 72.1 Å². The zero-order valence-electron chi connectivity index (χ0n) is 32.6. The van der Waals surface area contributed by atoms with Crippen LogP contribution in [0.25, 0.3) is 65.2 Å². The van der Waals surface area contributed by atoms with Gasteiger partial charge >= 0.3 is 34.1 Å². The maximum absolute atomic E-state index is 8.98. The predicted octanol–water partition coefficient (Wildman–Crippen LogP) is 9.64. The Morgan fingerprint density at radius 2 is 0.586 bits per heavy atom. The van der Waals surface area contributed by atoms with E-state index in [9.17, 15) is 0 Å². The Kier molecular flexibility index (Phi) is 14.0. The molecule has 6 aromatic carbocycles. The summed E-state index contributed by atoms with van der Waals surface area (Å²) in [6.45, 7) is 3.96. The summed E-state index contributed by atoms with van der Waals surface area (Å²) in [6.07, 6.45) is 6.76. The standard InChI is InChI=1S/C46H40N4O6.2Cu/c1-27-15-29-23-47-33-7-11-37(41(19-33)53-3)39-13-9-35(21-43(39)55-5)49-25-31-17-28(2)18-32(46(31)52)26-50-36-10-14-40(44(22-36)56-6)38-12-8-34(20-42(38)54-4)48-24-30(16-27)45(29)51;;/h7-26,51-52H,1-6H3;;/q;2*+2/p+2. The van der Waals surface area contributed by atoms with E-state index in [1.807, 2.05) is 111 Å². The molecular weight excluding hydrogens is 832 g/mol. The van der Waals surface area contributed by atoms with Crippen molar-refractivity contribution in [1.82, 2.24) is 19.9 Å². The Labute approximate surface area is 356 Å². The molecule has 0 aliphatic carbocycles. The van der Waals surface area contributed by atoms with Crippen LogP contribution in [0.15, 0.2) is 122 Å². The van der Waals surface area contributed by atoms with Crippen molar-refractivity contribution in [2.45, 2.75) is 13.8 Å². The Bertz CT molecular complexity index is 2560. The second-order valence-electron chi connectivity index (χ2n) is 13.2. The molecule has 16 rings (SSSR count). The number of benzene rings is 6. The van der Waals surface area contributed by atoms with Crippen LogP contribution in [-0.2, 0) is 34.1 Å². The third-order valence-electron chi connectivity index (χ3n) is 9.42. The molecule has 0 aliphatic heterocycles. The van der Waals surface area contributed by atoms with Crippen molar-refractivity contribution < 1.29 is 63.3 Å². The van der Waals surface area contributed by atoms with Gasteiger partial charge < -0.3 is 29.2 Å². The van der Waals surface area contributed by atoms with Gasteiger partial charge in [0.15, 0.2) is 0 Å². The molecule has 10 heterocycles. The summed E-state index contributed by atoms with van der Waals surface area (Å²) < 4.78 is 23.3. The van der Waals surface area contributed by atoms with Crippen molar-refractivity contribution >= 4 is 65.2 Å². The van der Waals surface area contributed by atoms with Gasteiger partial charge in [-0.1, -0.05) is 0 Å². The quantitative estimate of drug-likeness (QED) is 0.126. The summed E-state index contributed by atoms with van der Waals surface area (Å²) >= 11 is 0. The average Bonchev–Trinajstić information content (AvgIpc) is 3.22. The van der Waals surface area contributed by atoms with E-state index in [0.29, 0.717) is 78.1 Å². The predicted molar refractivity (Wildman–Crippen MR) is 226 cm³/mol. The second-order valence-corrected chi connectivity index (χ2v) is 13.2. The van der Waals surface area contributed by atoms with Gasteiger partial charge in [0.2, 0.25) is 0 Å². The number of aromatic nitrogens is 4. The molecule has 0 amide bonds. The van der Waals surface area contributed by atoms with Gasteiger partial charge in [-0.2, -0.15) is 0 Å². The first-order chi connectivity index (χ1) is 27.2. The molecule has 12 bridgehead atoms. The van der Waals surface area contributed by atoms with Crippen LogP contribution in [0.3, 0.4) is 0 Å². The normalized spacial score (nSPS) is 10.4. The van der Waals surface area contributed by atoms with Crippen LogP contribution in [-0.4, -0.2) is 58.6 Å². The van der Waals surface area contributed by atoms with Crippen molar-refractivity contribution in [3.05, 3.63) is 133 Å². The summed E-state index contributed by atoms with van der Waals surface area (Å²) in [5, 5.41) is 23.9. The van der Waals surface area contributed by atoms with Gasteiger partial charge in [0.1, 0.15) is 23.0 Å². The fourth-order valence-corrected chi connectivity index (χ4v) is 6.60. The number of hydrogen-bond acceptors (Lipinski definition) is 8. The van der Waals surface area contributed by atoms with Crippen molar-refractivity contribution in [3.8, 4) is 34.5 Å². The van der Waals surface area contributed by atoms with Gasteiger partial charge in [-0.05, 0) is 97.8 Å². The number of nitrogens with zero attached hydrogens (tertiary/aromatic N) is 4. The zero-order chi connectivity index (χ0) is 39.3. The molecule has 0 atom stereocenters. The molecule has 4 N–H and O–H groups in total. The Hall–Kier alpha value is -6.16. The first kappa shape index (κ1) is 43.0. The molecule has 10 nitrogen and oxygen atoms in total. The van der Waals surface area contributed by atoms with Gasteiger partial charge in [-0.15, -0.1) is 0 Å². The minimum Gasteiger partial charge on any atom is -0.592 e. The molecule has 10 aromatic heterocycles. The molecule has 0 fully saturated rings. The second kappa shape index (κ2) is 18.9. The third-order valence-corrected chi connectivity index (χ3v) is 9.42. The third kappa shape index (κ3) is 9.17. The Morgan fingerprint density at radius 3 is 0.793 bits per heavy atom. The van der Waals surface area contributed by atoms with E-state index in [4.69, 9.17) is 49.1 Å². The van der Waals surface area contributed by atoms with Crippen molar-refractivity contribution in [3.63, 3.8) is 0 Å². The molecule has 0 saturated carbocycles. The van der Waals surface area contributed by atoms with E-state index in [1.54, 1.807) is 53.2 Å². The monoisotopic (exact) mass is 872 g/mol. The molecule has 0 unspecified atom stereocenters. The SMILES string of the molecule is COc1cc2ccc1c1ccc(cc1OC)ncc1cc(C)cc(cnc3ccc(c(OC)c3)c3ccc(cc3OC)ncc3cc(C)cc(cn2)c3[OH2+])c1[OH2+].[Cu+2].[Cu+2]. The maximum Gasteiger partial charge on any atom is 2.00 e. The zero-order valence-corrected chi connectivity index (χ0v) is 34.5. The van der Waals surface area contributed by atoms with Crippen molar-refractivity contribution in [2.24, 2.45) is 0 Å². The summed E-state index contributed by atoms with van der Waals surface area (Å²) in [7, 11) is 6.47. The van der Waals surface area contributed by atoms with Crippen LogP contribution < -0.4 is 18.9 Å². The summed E-state index contributed by atoms with van der Waals surface area (Å²) in [6, 6.07) is 30.5. The maximum atomic E-state index is 8.98. The molecule has 0 spiro atoms. The number of ether oxygens (including phenoxy) is 4.